The van der Waals surface area contributed by atoms with Crippen molar-refractivity contribution in [1.82, 2.24) is 4.31 Å². The lowest BCUT2D eigenvalue weighted by Gasteiger charge is -2.21. The summed E-state index contributed by atoms with van der Waals surface area (Å²) in [7, 11) is -2.25. The highest BCUT2D eigenvalue weighted by Crippen LogP contribution is 2.19. The van der Waals surface area contributed by atoms with Crippen molar-refractivity contribution < 1.29 is 22.7 Å². The average molecular weight is 419 g/mol. The Hall–Kier alpha value is -2.71. The van der Waals surface area contributed by atoms with Gasteiger partial charge in [-0.3, -0.25) is 4.79 Å². The Kier molecular flexibility index (Phi) is 7.53. The molecule has 0 aromatic heterocycles. The maximum absolute atomic E-state index is 12.6. The van der Waals surface area contributed by atoms with Crippen LogP contribution in [0.4, 0.5) is 5.69 Å². The SMILES string of the molecule is CCN(C(=O)COC(=O)c1cccc(S(=O)(=O)N(C)C(C)C)c1)c1ccccc1. The third-order valence-electron chi connectivity index (χ3n) is 4.49. The normalized spacial score (nSPS) is 11.5. The van der Waals surface area contributed by atoms with E-state index in [0.717, 1.165) is 0 Å². The van der Waals surface area contributed by atoms with Crippen molar-refractivity contribution in [2.45, 2.75) is 31.7 Å². The van der Waals surface area contributed by atoms with Crippen molar-refractivity contribution in [3.8, 4) is 0 Å². The number of esters is 1. The molecule has 0 unspecified atom stereocenters. The maximum Gasteiger partial charge on any atom is 0.338 e. The number of anilines is 1. The van der Waals surface area contributed by atoms with Crippen molar-refractivity contribution in [3.63, 3.8) is 0 Å². The monoisotopic (exact) mass is 418 g/mol. The fourth-order valence-electron chi connectivity index (χ4n) is 2.63. The number of hydrogen-bond acceptors (Lipinski definition) is 5. The van der Waals surface area contributed by atoms with Crippen LogP contribution in [0.2, 0.25) is 0 Å². The van der Waals surface area contributed by atoms with E-state index < -0.39 is 22.6 Å². The second-order valence-corrected chi connectivity index (χ2v) is 8.69. The molecular formula is C21H26N2O5S. The first kappa shape index (κ1) is 22.6. The standard InChI is InChI=1S/C21H26N2O5S/c1-5-23(18-11-7-6-8-12-18)20(24)15-28-21(25)17-10-9-13-19(14-17)29(26,27)22(4)16(2)3/h6-14,16H,5,15H2,1-4H3. The van der Waals surface area contributed by atoms with E-state index in [4.69, 9.17) is 4.74 Å². The molecule has 0 fully saturated rings. The average Bonchev–Trinajstić information content (AvgIpc) is 2.72. The minimum atomic E-state index is -3.73. The van der Waals surface area contributed by atoms with Crippen LogP contribution in [0.15, 0.2) is 59.5 Å². The molecule has 0 aliphatic heterocycles. The van der Waals surface area contributed by atoms with Crippen LogP contribution in [0.3, 0.4) is 0 Å². The molecule has 0 atom stereocenters. The van der Waals surface area contributed by atoms with Crippen LogP contribution >= 0.6 is 0 Å². The highest BCUT2D eigenvalue weighted by atomic mass is 32.2. The van der Waals surface area contributed by atoms with Crippen molar-refractivity contribution in [2.24, 2.45) is 0 Å². The lowest BCUT2D eigenvalue weighted by molar-refractivity contribution is -0.121. The molecule has 0 aliphatic carbocycles. The molecule has 2 rings (SSSR count). The van der Waals surface area contributed by atoms with Crippen LogP contribution in [0, 0.1) is 0 Å². The van der Waals surface area contributed by atoms with E-state index in [1.165, 1.54) is 40.5 Å². The second kappa shape index (κ2) is 9.67. The number of amides is 1. The van der Waals surface area contributed by atoms with Crippen LogP contribution in [0.5, 0.6) is 0 Å². The maximum atomic E-state index is 12.6. The number of carbonyl (C=O) groups is 2. The van der Waals surface area contributed by atoms with Gasteiger partial charge in [-0.1, -0.05) is 24.3 Å². The lowest BCUT2D eigenvalue weighted by atomic mass is 10.2. The van der Waals surface area contributed by atoms with E-state index in [0.29, 0.717) is 12.2 Å². The summed E-state index contributed by atoms with van der Waals surface area (Å²) in [5.74, 6) is -1.12. The summed E-state index contributed by atoms with van der Waals surface area (Å²) in [5.41, 5.74) is 0.777. The Labute approximate surface area is 171 Å². The molecule has 0 spiro atoms. The number of para-hydroxylation sites is 1. The van der Waals surface area contributed by atoms with Gasteiger partial charge in [0.2, 0.25) is 10.0 Å². The number of likely N-dealkylation sites (N-methyl/N-ethyl adjacent to an activating group) is 1. The van der Waals surface area contributed by atoms with E-state index in [-0.39, 0.29) is 22.4 Å². The topological polar surface area (TPSA) is 84.0 Å². The van der Waals surface area contributed by atoms with Gasteiger partial charge in [0.1, 0.15) is 0 Å². The Balaban J connectivity index is 2.11. The minimum Gasteiger partial charge on any atom is -0.452 e. The van der Waals surface area contributed by atoms with Gasteiger partial charge in [-0.25, -0.2) is 13.2 Å². The molecule has 0 saturated heterocycles. The number of carbonyl (C=O) groups excluding carboxylic acids is 2. The number of ether oxygens (including phenoxy) is 1. The number of hydrogen-bond donors (Lipinski definition) is 0. The van der Waals surface area contributed by atoms with E-state index in [2.05, 4.69) is 0 Å². The highest BCUT2D eigenvalue weighted by molar-refractivity contribution is 7.89. The lowest BCUT2D eigenvalue weighted by Crippen LogP contribution is -2.34. The summed E-state index contributed by atoms with van der Waals surface area (Å²) < 4.78 is 31.6. The quantitative estimate of drug-likeness (QED) is 0.616. The zero-order valence-corrected chi connectivity index (χ0v) is 17.8. The summed E-state index contributed by atoms with van der Waals surface area (Å²) >= 11 is 0. The molecule has 29 heavy (non-hydrogen) atoms. The van der Waals surface area contributed by atoms with E-state index in [1.54, 1.807) is 26.0 Å². The summed E-state index contributed by atoms with van der Waals surface area (Å²) in [4.78, 5) is 26.3. The second-order valence-electron chi connectivity index (χ2n) is 6.69. The first-order valence-electron chi connectivity index (χ1n) is 9.29. The van der Waals surface area contributed by atoms with Gasteiger partial charge in [0, 0.05) is 25.3 Å². The van der Waals surface area contributed by atoms with Crippen LogP contribution in [0.1, 0.15) is 31.1 Å². The largest absolute Gasteiger partial charge is 0.452 e. The molecule has 7 nitrogen and oxygen atoms in total. The van der Waals surface area contributed by atoms with E-state index in [1.807, 2.05) is 25.1 Å². The number of rotatable bonds is 8. The summed E-state index contributed by atoms with van der Waals surface area (Å²) in [5, 5.41) is 0. The van der Waals surface area contributed by atoms with Crippen molar-refractivity contribution >= 4 is 27.6 Å². The van der Waals surface area contributed by atoms with Gasteiger partial charge < -0.3 is 9.64 Å². The molecule has 0 aliphatic rings. The molecule has 0 N–H and O–H groups in total. The van der Waals surface area contributed by atoms with Crippen LogP contribution < -0.4 is 4.90 Å². The third kappa shape index (κ3) is 5.42. The Morgan fingerprint density at radius 2 is 1.69 bits per heavy atom. The summed E-state index contributed by atoms with van der Waals surface area (Å²) in [6.07, 6.45) is 0. The third-order valence-corrected chi connectivity index (χ3v) is 6.52. The number of benzene rings is 2. The summed E-state index contributed by atoms with van der Waals surface area (Å²) in [6.45, 7) is 5.33. The van der Waals surface area contributed by atoms with Crippen LogP contribution in [0.25, 0.3) is 0 Å². The number of sulfonamides is 1. The van der Waals surface area contributed by atoms with Gasteiger partial charge in [-0.15, -0.1) is 0 Å². The smallest absolute Gasteiger partial charge is 0.338 e. The zero-order valence-electron chi connectivity index (χ0n) is 17.0. The first-order chi connectivity index (χ1) is 13.7. The minimum absolute atomic E-state index is 0.00560. The van der Waals surface area contributed by atoms with Crippen molar-refractivity contribution in [2.75, 3.05) is 25.1 Å². The van der Waals surface area contributed by atoms with Crippen LogP contribution in [-0.4, -0.2) is 50.8 Å². The number of nitrogens with zero attached hydrogens (tertiary/aromatic N) is 2. The van der Waals surface area contributed by atoms with Gasteiger partial charge >= 0.3 is 5.97 Å². The predicted molar refractivity (Wildman–Crippen MR) is 111 cm³/mol. The van der Waals surface area contributed by atoms with Gasteiger partial charge in [-0.05, 0) is 51.1 Å². The molecule has 156 valence electrons. The predicted octanol–water partition coefficient (Wildman–Crippen LogP) is 2.93. The first-order valence-corrected chi connectivity index (χ1v) is 10.7. The molecule has 0 saturated carbocycles. The Morgan fingerprint density at radius 3 is 2.28 bits per heavy atom. The van der Waals surface area contributed by atoms with E-state index >= 15 is 0 Å². The molecule has 0 radical (unpaired) electrons. The molecule has 8 heteroatoms. The van der Waals surface area contributed by atoms with Crippen molar-refractivity contribution in [1.29, 1.82) is 0 Å². The Bertz CT molecular complexity index is 958. The van der Waals surface area contributed by atoms with Gasteiger partial charge in [0.15, 0.2) is 6.61 Å². The van der Waals surface area contributed by atoms with Gasteiger partial charge in [0.25, 0.3) is 5.91 Å². The molecule has 2 aromatic carbocycles. The molecule has 0 bridgehead atoms. The zero-order chi connectivity index (χ0) is 21.6. The van der Waals surface area contributed by atoms with Gasteiger partial charge in [0.05, 0.1) is 10.5 Å². The van der Waals surface area contributed by atoms with Crippen molar-refractivity contribution in [3.05, 3.63) is 60.2 Å². The molecule has 0 heterocycles. The van der Waals surface area contributed by atoms with E-state index in [9.17, 15) is 18.0 Å². The highest BCUT2D eigenvalue weighted by Gasteiger charge is 2.24. The fraction of sp³-hybridized carbons (Fsp3) is 0.333. The molecule has 2 aromatic rings. The van der Waals surface area contributed by atoms with Gasteiger partial charge in [-0.2, -0.15) is 4.31 Å². The summed E-state index contributed by atoms with van der Waals surface area (Å²) in [6, 6.07) is 14.4. The Morgan fingerprint density at radius 1 is 1.03 bits per heavy atom. The fourth-order valence-corrected chi connectivity index (χ4v) is 4.04. The molecular weight excluding hydrogens is 392 g/mol. The molecule has 1 amide bonds. The van der Waals surface area contributed by atoms with Crippen LogP contribution in [-0.2, 0) is 19.6 Å².